The lowest BCUT2D eigenvalue weighted by Gasteiger charge is -2.13. The molecule has 0 aromatic heterocycles. The molecule has 0 aliphatic rings. The zero-order valence-corrected chi connectivity index (χ0v) is 11.0. The Morgan fingerprint density at radius 1 is 1.24 bits per heavy atom. The number of hydrogen-bond acceptors (Lipinski definition) is 3. The Hall–Kier alpha value is -1.51. The topological polar surface area (TPSA) is 35.5 Å². The molecule has 17 heavy (non-hydrogen) atoms. The number of aryl methyl sites for hydroxylation is 3. The van der Waals surface area contributed by atoms with Gasteiger partial charge in [0.25, 0.3) is 0 Å². The Balaban J connectivity index is 2.79. The monoisotopic (exact) mass is 236 g/mol. The largest absolute Gasteiger partial charge is 0.481 e. The zero-order valence-electron chi connectivity index (χ0n) is 11.0. The molecule has 0 saturated carbocycles. The molecule has 0 aliphatic heterocycles. The third-order valence-electron chi connectivity index (χ3n) is 2.52. The van der Waals surface area contributed by atoms with Crippen molar-refractivity contribution in [1.29, 1.82) is 0 Å². The number of rotatable bonds is 5. The fraction of sp³-hybridized carbons (Fsp3) is 0.500. The van der Waals surface area contributed by atoms with E-state index < -0.39 is 0 Å². The Kier molecular flexibility index (Phi) is 5.01. The molecule has 0 spiro atoms. The molecule has 0 saturated heterocycles. The zero-order chi connectivity index (χ0) is 12.8. The summed E-state index contributed by atoms with van der Waals surface area (Å²) in [6, 6.07) is 4.15. The van der Waals surface area contributed by atoms with Crippen LogP contribution in [0.15, 0.2) is 12.1 Å². The molecule has 0 unspecified atom stereocenters. The molecule has 0 bridgehead atoms. The molecule has 0 radical (unpaired) electrons. The minimum absolute atomic E-state index is 0.0231. The minimum Gasteiger partial charge on any atom is -0.481 e. The summed E-state index contributed by atoms with van der Waals surface area (Å²) in [5.74, 6) is 0.487. The first-order valence-corrected chi connectivity index (χ1v) is 5.97. The van der Waals surface area contributed by atoms with Gasteiger partial charge < -0.3 is 9.47 Å². The lowest BCUT2D eigenvalue weighted by molar-refractivity contribution is -0.145. The first kappa shape index (κ1) is 13.6. The molecule has 94 valence electrons. The van der Waals surface area contributed by atoms with Crippen molar-refractivity contribution in [2.45, 2.75) is 34.1 Å². The fourth-order valence-corrected chi connectivity index (χ4v) is 1.85. The number of carbonyl (C=O) groups is 1. The molecule has 0 aliphatic carbocycles. The van der Waals surface area contributed by atoms with Crippen LogP contribution in [0.5, 0.6) is 5.75 Å². The highest BCUT2D eigenvalue weighted by molar-refractivity contribution is 5.71. The number of hydrogen-bond donors (Lipinski definition) is 0. The SMILES string of the molecule is CCOC(=O)COc1c(C)cc(C)cc1CC. The maximum absolute atomic E-state index is 11.2. The Morgan fingerprint density at radius 2 is 1.94 bits per heavy atom. The van der Waals surface area contributed by atoms with Gasteiger partial charge in [-0.15, -0.1) is 0 Å². The summed E-state index contributed by atoms with van der Waals surface area (Å²) < 4.78 is 10.4. The average Bonchev–Trinajstić information content (AvgIpc) is 2.27. The molecular formula is C14H20O3. The quantitative estimate of drug-likeness (QED) is 0.737. The van der Waals surface area contributed by atoms with E-state index in [0.717, 1.165) is 23.3 Å². The molecule has 0 N–H and O–H groups in total. The van der Waals surface area contributed by atoms with Crippen molar-refractivity contribution in [2.75, 3.05) is 13.2 Å². The summed E-state index contributed by atoms with van der Waals surface area (Å²) in [6.07, 6.45) is 0.890. The molecule has 0 atom stereocenters. The predicted molar refractivity (Wildman–Crippen MR) is 67.4 cm³/mol. The van der Waals surface area contributed by atoms with Crippen molar-refractivity contribution in [2.24, 2.45) is 0 Å². The average molecular weight is 236 g/mol. The standard InChI is InChI=1S/C14H20O3/c1-5-12-8-10(3)7-11(4)14(12)17-9-13(15)16-6-2/h7-8H,5-6,9H2,1-4H3. The number of carbonyl (C=O) groups excluding carboxylic acids is 1. The van der Waals surface area contributed by atoms with Gasteiger partial charge in [0, 0.05) is 0 Å². The van der Waals surface area contributed by atoms with E-state index in [9.17, 15) is 4.79 Å². The first-order chi connectivity index (χ1) is 8.08. The molecule has 3 heteroatoms. The number of benzene rings is 1. The van der Waals surface area contributed by atoms with E-state index in [-0.39, 0.29) is 12.6 Å². The predicted octanol–water partition coefficient (Wildman–Crippen LogP) is 2.81. The van der Waals surface area contributed by atoms with Crippen LogP contribution in [0.25, 0.3) is 0 Å². The fourth-order valence-electron chi connectivity index (χ4n) is 1.85. The normalized spacial score (nSPS) is 10.1. The van der Waals surface area contributed by atoms with Crippen molar-refractivity contribution >= 4 is 5.97 Å². The summed E-state index contributed by atoms with van der Waals surface area (Å²) in [7, 11) is 0. The first-order valence-electron chi connectivity index (χ1n) is 5.97. The maximum Gasteiger partial charge on any atom is 0.344 e. The molecular weight excluding hydrogens is 216 g/mol. The van der Waals surface area contributed by atoms with E-state index in [4.69, 9.17) is 9.47 Å². The van der Waals surface area contributed by atoms with Gasteiger partial charge in [0.2, 0.25) is 0 Å². The van der Waals surface area contributed by atoms with E-state index in [1.54, 1.807) is 6.92 Å². The van der Waals surface area contributed by atoms with Crippen LogP contribution in [0.3, 0.4) is 0 Å². The van der Waals surface area contributed by atoms with Crippen molar-refractivity contribution < 1.29 is 14.3 Å². The molecule has 1 aromatic carbocycles. The van der Waals surface area contributed by atoms with Gasteiger partial charge in [-0.25, -0.2) is 4.79 Å². The van der Waals surface area contributed by atoms with E-state index in [0.29, 0.717) is 6.61 Å². The highest BCUT2D eigenvalue weighted by Gasteiger charge is 2.10. The van der Waals surface area contributed by atoms with Crippen molar-refractivity contribution in [1.82, 2.24) is 0 Å². The second-order valence-corrected chi connectivity index (χ2v) is 4.02. The smallest absolute Gasteiger partial charge is 0.344 e. The molecule has 0 amide bonds. The van der Waals surface area contributed by atoms with E-state index >= 15 is 0 Å². The van der Waals surface area contributed by atoms with Gasteiger partial charge >= 0.3 is 5.97 Å². The number of ether oxygens (including phenoxy) is 2. The van der Waals surface area contributed by atoms with E-state index in [2.05, 4.69) is 26.0 Å². The van der Waals surface area contributed by atoms with Gasteiger partial charge in [-0.05, 0) is 38.3 Å². The van der Waals surface area contributed by atoms with E-state index in [1.807, 2.05) is 6.92 Å². The summed E-state index contributed by atoms with van der Waals surface area (Å²) >= 11 is 0. The van der Waals surface area contributed by atoms with E-state index in [1.165, 1.54) is 5.56 Å². The van der Waals surface area contributed by atoms with Crippen LogP contribution in [0.4, 0.5) is 0 Å². The van der Waals surface area contributed by atoms with Crippen LogP contribution in [0.2, 0.25) is 0 Å². The molecule has 3 nitrogen and oxygen atoms in total. The minimum atomic E-state index is -0.325. The Labute approximate surface area is 103 Å². The van der Waals surface area contributed by atoms with Crippen molar-refractivity contribution in [3.63, 3.8) is 0 Å². The van der Waals surface area contributed by atoms with Crippen LogP contribution in [0.1, 0.15) is 30.5 Å². The highest BCUT2D eigenvalue weighted by atomic mass is 16.6. The maximum atomic E-state index is 11.2. The molecule has 1 rings (SSSR count). The second-order valence-electron chi connectivity index (χ2n) is 4.02. The van der Waals surface area contributed by atoms with Gasteiger partial charge in [0.15, 0.2) is 6.61 Å². The third kappa shape index (κ3) is 3.77. The second kappa shape index (κ2) is 6.28. The lowest BCUT2D eigenvalue weighted by atomic mass is 10.0. The number of esters is 1. The molecule has 0 fully saturated rings. The lowest BCUT2D eigenvalue weighted by Crippen LogP contribution is -2.15. The van der Waals surface area contributed by atoms with Gasteiger partial charge in [-0.1, -0.05) is 24.6 Å². The Bertz CT molecular complexity index is 397. The summed E-state index contributed by atoms with van der Waals surface area (Å²) in [5.41, 5.74) is 3.40. The van der Waals surface area contributed by atoms with Crippen LogP contribution in [-0.4, -0.2) is 19.2 Å². The van der Waals surface area contributed by atoms with Crippen molar-refractivity contribution in [3.8, 4) is 5.75 Å². The molecule has 1 aromatic rings. The van der Waals surface area contributed by atoms with Crippen molar-refractivity contribution in [3.05, 3.63) is 28.8 Å². The van der Waals surface area contributed by atoms with Gasteiger partial charge in [0.05, 0.1) is 6.61 Å². The van der Waals surface area contributed by atoms with Crippen LogP contribution in [-0.2, 0) is 16.0 Å². The van der Waals surface area contributed by atoms with Gasteiger partial charge in [-0.3, -0.25) is 0 Å². The third-order valence-corrected chi connectivity index (χ3v) is 2.52. The highest BCUT2D eigenvalue weighted by Crippen LogP contribution is 2.25. The van der Waals surface area contributed by atoms with Crippen LogP contribution >= 0.6 is 0 Å². The van der Waals surface area contributed by atoms with Crippen LogP contribution in [0, 0.1) is 13.8 Å². The van der Waals surface area contributed by atoms with Crippen LogP contribution < -0.4 is 4.74 Å². The molecule has 0 heterocycles. The summed E-state index contributed by atoms with van der Waals surface area (Å²) in [4.78, 5) is 11.2. The summed E-state index contributed by atoms with van der Waals surface area (Å²) in [5, 5.41) is 0. The van der Waals surface area contributed by atoms with Gasteiger partial charge in [-0.2, -0.15) is 0 Å². The summed E-state index contributed by atoms with van der Waals surface area (Å²) in [6.45, 7) is 8.27. The van der Waals surface area contributed by atoms with Gasteiger partial charge in [0.1, 0.15) is 5.75 Å². The Morgan fingerprint density at radius 3 is 2.53 bits per heavy atom.